The second kappa shape index (κ2) is 6.64. The molecule has 0 saturated carbocycles. The summed E-state index contributed by atoms with van der Waals surface area (Å²) >= 11 is 0. The van der Waals surface area contributed by atoms with E-state index in [1.807, 2.05) is 0 Å². The van der Waals surface area contributed by atoms with Crippen LogP contribution in [0.4, 0.5) is 4.79 Å². The monoisotopic (exact) mass is 299 g/mol. The number of aliphatic carboxylic acids is 1. The van der Waals surface area contributed by atoms with Gasteiger partial charge in [-0.3, -0.25) is 4.79 Å². The van der Waals surface area contributed by atoms with Crippen LogP contribution in [-0.2, 0) is 4.79 Å². The van der Waals surface area contributed by atoms with Crippen LogP contribution in [0.1, 0.15) is 40.5 Å². The molecule has 2 amide bonds. The molecular formula is C15H29N3O3. The Bertz CT molecular complexity index is 394. The summed E-state index contributed by atoms with van der Waals surface area (Å²) in [5, 5.41) is 14.9. The quantitative estimate of drug-likeness (QED) is 0.719. The first-order valence-electron chi connectivity index (χ1n) is 7.54. The molecule has 0 aliphatic carbocycles. The molecule has 122 valence electrons. The fraction of sp³-hybridized carbons (Fsp3) is 0.867. The number of rotatable bonds is 5. The first-order chi connectivity index (χ1) is 9.56. The molecule has 0 aromatic heterocycles. The first-order valence-corrected chi connectivity index (χ1v) is 7.54. The van der Waals surface area contributed by atoms with Gasteiger partial charge in [0.15, 0.2) is 0 Å². The average molecular weight is 299 g/mol. The summed E-state index contributed by atoms with van der Waals surface area (Å²) in [5.41, 5.74) is -1.89. The van der Waals surface area contributed by atoms with Crippen LogP contribution in [0, 0.1) is 11.3 Å². The van der Waals surface area contributed by atoms with Crippen molar-refractivity contribution >= 4 is 12.0 Å². The van der Waals surface area contributed by atoms with E-state index in [0.29, 0.717) is 12.5 Å². The zero-order valence-corrected chi connectivity index (χ0v) is 13.8. The number of carbonyl (C=O) groups is 2. The number of piperidine rings is 1. The molecule has 1 fully saturated rings. The zero-order valence-electron chi connectivity index (χ0n) is 13.8. The van der Waals surface area contributed by atoms with Crippen molar-refractivity contribution in [3.8, 4) is 0 Å². The number of nitrogens with zero attached hydrogens (tertiary/aromatic N) is 1. The Morgan fingerprint density at radius 1 is 1.29 bits per heavy atom. The number of carboxylic acids is 1. The van der Waals surface area contributed by atoms with Gasteiger partial charge in [-0.25, -0.2) is 4.79 Å². The third kappa shape index (κ3) is 4.59. The number of likely N-dealkylation sites (tertiary alicyclic amines) is 1. The second-order valence-corrected chi connectivity index (χ2v) is 7.16. The average Bonchev–Trinajstić information content (AvgIpc) is 2.35. The first kappa shape index (κ1) is 17.8. The van der Waals surface area contributed by atoms with Gasteiger partial charge in [0, 0.05) is 13.1 Å². The maximum Gasteiger partial charge on any atom is 0.315 e. The van der Waals surface area contributed by atoms with E-state index in [-0.39, 0.29) is 6.03 Å². The van der Waals surface area contributed by atoms with Gasteiger partial charge in [-0.05, 0) is 60.0 Å². The van der Waals surface area contributed by atoms with Crippen molar-refractivity contribution in [2.45, 2.75) is 46.1 Å². The molecule has 21 heavy (non-hydrogen) atoms. The number of nitrogens with one attached hydrogen (secondary N) is 2. The minimum absolute atomic E-state index is 0.303. The summed E-state index contributed by atoms with van der Waals surface area (Å²) < 4.78 is 0. The predicted octanol–water partition coefficient (Wildman–Crippen LogP) is 1.52. The molecule has 6 heteroatoms. The highest BCUT2D eigenvalue weighted by Crippen LogP contribution is 2.30. The zero-order chi connectivity index (χ0) is 16.3. The molecule has 0 bridgehead atoms. The second-order valence-electron chi connectivity index (χ2n) is 7.16. The smallest absolute Gasteiger partial charge is 0.315 e. The van der Waals surface area contributed by atoms with Gasteiger partial charge >= 0.3 is 12.0 Å². The Morgan fingerprint density at radius 3 is 2.43 bits per heavy atom. The van der Waals surface area contributed by atoms with Crippen LogP contribution >= 0.6 is 0 Å². The van der Waals surface area contributed by atoms with Crippen LogP contribution in [0.15, 0.2) is 0 Å². The summed E-state index contributed by atoms with van der Waals surface area (Å²) in [4.78, 5) is 25.6. The van der Waals surface area contributed by atoms with Gasteiger partial charge in [-0.15, -0.1) is 0 Å². The van der Waals surface area contributed by atoms with Crippen molar-refractivity contribution in [2.24, 2.45) is 11.3 Å². The lowest BCUT2D eigenvalue weighted by atomic mass is 9.74. The van der Waals surface area contributed by atoms with E-state index in [1.165, 1.54) is 0 Å². The van der Waals surface area contributed by atoms with Crippen LogP contribution in [0.25, 0.3) is 0 Å². The molecule has 3 N–H and O–H groups in total. The Balaban J connectivity index is 2.47. The molecule has 0 aromatic rings. The molecule has 1 rings (SSSR count). The van der Waals surface area contributed by atoms with E-state index in [9.17, 15) is 14.7 Å². The standard InChI is InChI=1S/C15H29N3O3/c1-14(2,12(19)20)15(3,4)17-13(21)16-9-11-7-6-8-18(5)10-11/h11H,6-10H2,1-5H3,(H,19,20)(H2,16,17,21). The number of amides is 2. The molecule has 1 heterocycles. The molecular weight excluding hydrogens is 270 g/mol. The number of hydrogen-bond donors (Lipinski definition) is 3. The summed E-state index contributed by atoms with van der Waals surface area (Å²) in [6.07, 6.45) is 2.27. The van der Waals surface area contributed by atoms with Crippen molar-refractivity contribution in [1.82, 2.24) is 15.5 Å². The van der Waals surface area contributed by atoms with E-state index in [2.05, 4.69) is 22.6 Å². The highest BCUT2D eigenvalue weighted by Gasteiger charge is 2.44. The Hall–Kier alpha value is -1.30. The number of hydrogen-bond acceptors (Lipinski definition) is 3. The van der Waals surface area contributed by atoms with Gasteiger partial charge in [0.25, 0.3) is 0 Å². The van der Waals surface area contributed by atoms with Crippen LogP contribution in [0.5, 0.6) is 0 Å². The third-order valence-corrected chi connectivity index (χ3v) is 4.80. The highest BCUT2D eigenvalue weighted by atomic mass is 16.4. The number of urea groups is 1. The van der Waals surface area contributed by atoms with E-state index in [0.717, 1.165) is 25.9 Å². The van der Waals surface area contributed by atoms with E-state index < -0.39 is 16.9 Å². The third-order valence-electron chi connectivity index (χ3n) is 4.80. The van der Waals surface area contributed by atoms with Crippen molar-refractivity contribution in [2.75, 3.05) is 26.7 Å². The lowest BCUT2D eigenvalue weighted by Gasteiger charge is -2.39. The van der Waals surface area contributed by atoms with Crippen molar-refractivity contribution < 1.29 is 14.7 Å². The minimum atomic E-state index is -1.05. The Labute approximate surface area is 127 Å². The van der Waals surface area contributed by atoms with Gasteiger partial charge in [0.05, 0.1) is 11.0 Å². The van der Waals surface area contributed by atoms with Gasteiger partial charge < -0.3 is 20.6 Å². The summed E-state index contributed by atoms with van der Waals surface area (Å²) in [6.45, 7) is 9.42. The van der Waals surface area contributed by atoms with Crippen molar-refractivity contribution in [3.63, 3.8) is 0 Å². The van der Waals surface area contributed by atoms with Crippen LogP contribution in [-0.4, -0.2) is 54.2 Å². The molecule has 1 atom stereocenters. The predicted molar refractivity (Wildman–Crippen MR) is 82.3 cm³/mol. The van der Waals surface area contributed by atoms with E-state index in [1.54, 1.807) is 27.7 Å². The Kier molecular flexibility index (Phi) is 5.61. The fourth-order valence-corrected chi connectivity index (χ4v) is 2.43. The molecule has 0 aromatic carbocycles. The van der Waals surface area contributed by atoms with Crippen LogP contribution in [0.2, 0.25) is 0 Å². The maximum absolute atomic E-state index is 12.0. The van der Waals surface area contributed by atoms with Crippen LogP contribution in [0.3, 0.4) is 0 Å². The number of carboxylic acid groups (broad SMARTS) is 1. The normalized spacial score (nSPS) is 20.9. The molecule has 6 nitrogen and oxygen atoms in total. The van der Waals surface area contributed by atoms with Crippen LogP contribution < -0.4 is 10.6 Å². The molecule has 1 aliphatic heterocycles. The van der Waals surface area contributed by atoms with Gasteiger partial charge in [0.1, 0.15) is 0 Å². The van der Waals surface area contributed by atoms with Crippen molar-refractivity contribution in [1.29, 1.82) is 0 Å². The lowest BCUT2D eigenvalue weighted by molar-refractivity contribution is -0.150. The van der Waals surface area contributed by atoms with Gasteiger partial charge in [-0.2, -0.15) is 0 Å². The van der Waals surface area contributed by atoms with E-state index >= 15 is 0 Å². The summed E-state index contributed by atoms with van der Waals surface area (Å²) in [6, 6.07) is -0.303. The molecule has 0 radical (unpaired) electrons. The highest BCUT2D eigenvalue weighted by molar-refractivity contribution is 5.79. The number of carbonyl (C=O) groups excluding carboxylic acids is 1. The largest absolute Gasteiger partial charge is 0.481 e. The maximum atomic E-state index is 12.0. The fourth-order valence-electron chi connectivity index (χ4n) is 2.43. The van der Waals surface area contributed by atoms with Gasteiger partial charge in [0.2, 0.25) is 0 Å². The SMILES string of the molecule is CN1CCCC(CNC(=O)NC(C)(C)C(C)(C)C(=O)O)C1. The molecule has 1 saturated heterocycles. The molecule has 0 spiro atoms. The van der Waals surface area contributed by atoms with Gasteiger partial charge in [-0.1, -0.05) is 0 Å². The Morgan fingerprint density at radius 2 is 1.90 bits per heavy atom. The van der Waals surface area contributed by atoms with E-state index in [4.69, 9.17) is 0 Å². The summed E-state index contributed by atoms with van der Waals surface area (Å²) in [7, 11) is 2.09. The lowest BCUT2D eigenvalue weighted by Crippen LogP contribution is -2.59. The molecule has 1 aliphatic rings. The topological polar surface area (TPSA) is 81.7 Å². The van der Waals surface area contributed by atoms with Crippen molar-refractivity contribution in [3.05, 3.63) is 0 Å². The minimum Gasteiger partial charge on any atom is -0.481 e. The molecule has 1 unspecified atom stereocenters. The summed E-state index contributed by atoms with van der Waals surface area (Å²) in [5.74, 6) is -0.466.